The van der Waals surface area contributed by atoms with Gasteiger partial charge in [-0.2, -0.15) is 0 Å². The van der Waals surface area contributed by atoms with Crippen LogP contribution in [0.25, 0.3) is 0 Å². The van der Waals surface area contributed by atoms with Gasteiger partial charge in [0.25, 0.3) is 0 Å². The highest BCUT2D eigenvalue weighted by Gasteiger charge is 2.16. The Bertz CT molecular complexity index is 852. The third kappa shape index (κ3) is 4.94. The third-order valence-electron chi connectivity index (χ3n) is 4.53. The SMILES string of the molecule is COc1ccccc1CNC(=O)CCN(Cc1ccc2c(c1)OCO2)C(C)=O. The maximum absolute atomic E-state index is 12.2. The number of rotatable bonds is 8. The molecular formula is C21H24N2O5. The fourth-order valence-corrected chi connectivity index (χ4v) is 2.98. The van der Waals surface area contributed by atoms with Crippen LogP contribution in [0.4, 0.5) is 0 Å². The van der Waals surface area contributed by atoms with Crippen LogP contribution in [0.1, 0.15) is 24.5 Å². The first kappa shape index (κ1) is 19.5. The van der Waals surface area contributed by atoms with E-state index >= 15 is 0 Å². The minimum absolute atomic E-state index is 0.0878. The molecule has 7 heteroatoms. The van der Waals surface area contributed by atoms with Crippen molar-refractivity contribution in [1.29, 1.82) is 0 Å². The van der Waals surface area contributed by atoms with Crippen LogP contribution in [-0.2, 0) is 22.7 Å². The summed E-state index contributed by atoms with van der Waals surface area (Å²) < 4.78 is 16.0. The summed E-state index contributed by atoms with van der Waals surface area (Å²) in [4.78, 5) is 25.8. The fourth-order valence-electron chi connectivity index (χ4n) is 2.98. The number of hydrogen-bond acceptors (Lipinski definition) is 5. The Morgan fingerprint density at radius 2 is 1.93 bits per heavy atom. The van der Waals surface area contributed by atoms with E-state index in [4.69, 9.17) is 14.2 Å². The molecule has 0 fully saturated rings. The van der Waals surface area contributed by atoms with Gasteiger partial charge in [-0.1, -0.05) is 24.3 Å². The lowest BCUT2D eigenvalue weighted by Crippen LogP contribution is -2.33. The molecule has 0 saturated carbocycles. The molecule has 2 amide bonds. The number of nitrogens with zero attached hydrogens (tertiary/aromatic N) is 1. The third-order valence-corrected chi connectivity index (χ3v) is 4.53. The molecule has 0 atom stereocenters. The lowest BCUT2D eigenvalue weighted by Gasteiger charge is -2.21. The van der Waals surface area contributed by atoms with Crippen molar-refractivity contribution in [2.45, 2.75) is 26.4 Å². The van der Waals surface area contributed by atoms with E-state index in [0.717, 1.165) is 16.9 Å². The van der Waals surface area contributed by atoms with Gasteiger partial charge in [0.05, 0.1) is 7.11 Å². The Hall–Kier alpha value is -3.22. The lowest BCUT2D eigenvalue weighted by atomic mass is 10.1. The molecule has 28 heavy (non-hydrogen) atoms. The summed E-state index contributed by atoms with van der Waals surface area (Å²) >= 11 is 0. The second kappa shape index (κ2) is 9.12. The molecule has 2 aromatic carbocycles. The summed E-state index contributed by atoms with van der Waals surface area (Å²) in [7, 11) is 1.60. The van der Waals surface area contributed by atoms with Crippen molar-refractivity contribution < 1.29 is 23.8 Å². The van der Waals surface area contributed by atoms with Crippen molar-refractivity contribution >= 4 is 11.8 Å². The number of nitrogens with one attached hydrogen (secondary N) is 1. The van der Waals surface area contributed by atoms with Crippen LogP contribution in [0.15, 0.2) is 42.5 Å². The van der Waals surface area contributed by atoms with Crippen LogP contribution in [0.2, 0.25) is 0 Å². The number of hydrogen-bond donors (Lipinski definition) is 1. The molecule has 0 unspecified atom stereocenters. The molecule has 0 radical (unpaired) electrons. The van der Waals surface area contributed by atoms with E-state index in [9.17, 15) is 9.59 Å². The average Bonchev–Trinajstić information content (AvgIpc) is 3.17. The van der Waals surface area contributed by atoms with Crippen molar-refractivity contribution in [3.63, 3.8) is 0 Å². The van der Waals surface area contributed by atoms with Gasteiger partial charge in [-0.15, -0.1) is 0 Å². The highest BCUT2D eigenvalue weighted by Crippen LogP contribution is 2.32. The van der Waals surface area contributed by atoms with E-state index in [0.29, 0.717) is 31.1 Å². The number of benzene rings is 2. The zero-order valence-corrected chi connectivity index (χ0v) is 16.1. The molecule has 0 spiro atoms. The Morgan fingerprint density at radius 1 is 1.14 bits per heavy atom. The number of para-hydroxylation sites is 1. The van der Waals surface area contributed by atoms with Gasteiger partial charge in [-0.25, -0.2) is 0 Å². The topological polar surface area (TPSA) is 77.1 Å². The van der Waals surface area contributed by atoms with Crippen LogP contribution in [0.3, 0.4) is 0 Å². The van der Waals surface area contributed by atoms with Gasteiger partial charge in [-0.05, 0) is 23.8 Å². The summed E-state index contributed by atoms with van der Waals surface area (Å²) in [6.45, 7) is 2.83. The largest absolute Gasteiger partial charge is 0.496 e. The second-order valence-electron chi connectivity index (χ2n) is 6.47. The van der Waals surface area contributed by atoms with E-state index < -0.39 is 0 Å². The summed E-state index contributed by atoms with van der Waals surface area (Å²) in [5.41, 5.74) is 1.83. The normalized spacial score (nSPS) is 11.8. The standard InChI is InChI=1S/C21H24N2O5/c1-15(24)23(13-16-7-8-19-20(11-16)28-14-27-19)10-9-21(25)22-12-17-5-3-4-6-18(17)26-2/h3-8,11H,9-10,12-14H2,1-2H3,(H,22,25). The molecule has 1 aliphatic rings. The van der Waals surface area contributed by atoms with Crippen LogP contribution < -0.4 is 19.5 Å². The number of amides is 2. The van der Waals surface area contributed by atoms with Crippen molar-refractivity contribution in [3.05, 3.63) is 53.6 Å². The average molecular weight is 384 g/mol. The molecule has 1 aliphatic heterocycles. The summed E-state index contributed by atoms with van der Waals surface area (Å²) in [6, 6.07) is 13.1. The molecule has 1 N–H and O–H groups in total. The zero-order chi connectivity index (χ0) is 19.9. The van der Waals surface area contributed by atoms with Crippen molar-refractivity contribution in [3.8, 4) is 17.2 Å². The number of carbonyl (C=O) groups excluding carboxylic acids is 2. The molecule has 3 rings (SSSR count). The van der Waals surface area contributed by atoms with Gasteiger partial charge in [0.2, 0.25) is 18.6 Å². The quantitative estimate of drug-likeness (QED) is 0.757. The molecular weight excluding hydrogens is 360 g/mol. The molecule has 1 heterocycles. The van der Waals surface area contributed by atoms with Gasteiger partial charge in [0, 0.05) is 38.5 Å². The van der Waals surface area contributed by atoms with E-state index in [2.05, 4.69) is 5.32 Å². The fraction of sp³-hybridized carbons (Fsp3) is 0.333. The predicted molar refractivity (Wildman–Crippen MR) is 103 cm³/mol. The second-order valence-corrected chi connectivity index (χ2v) is 6.47. The molecule has 148 valence electrons. The first-order valence-corrected chi connectivity index (χ1v) is 9.09. The van der Waals surface area contributed by atoms with Gasteiger partial charge in [0.15, 0.2) is 11.5 Å². The Kier molecular flexibility index (Phi) is 6.37. The van der Waals surface area contributed by atoms with E-state index in [-0.39, 0.29) is 25.0 Å². The van der Waals surface area contributed by atoms with Crippen LogP contribution in [0, 0.1) is 0 Å². The molecule has 0 bridgehead atoms. The minimum Gasteiger partial charge on any atom is -0.496 e. The molecule has 0 saturated heterocycles. The Labute approximate surface area is 164 Å². The number of methoxy groups -OCH3 is 1. The van der Waals surface area contributed by atoms with Crippen molar-refractivity contribution in [1.82, 2.24) is 10.2 Å². The molecule has 2 aromatic rings. The van der Waals surface area contributed by atoms with Gasteiger partial charge >= 0.3 is 0 Å². The summed E-state index contributed by atoms with van der Waals surface area (Å²) in [6.07, 6.45) is 0.222. The van der Waals surface area contributed by atoms with Gasteiger partial charge in [0.1, 0.15) is 5.75 Å². The highest BCUT2D eigenvalue weighted by molar-refractivity contribution is 5.78. The van der Waals surface area contributed by atoms with Gasteiger partial charge < -0.3 is 24.4 Å². The molecule has 0 aromatic heterocycles. The highest BCUT2D eigenvalue weighted by atomic mass is 16.7. The minimum atomic E-state index is -0.122. The number of fused-ring (bicyclic) bond motifs is 1. The Balaban J connectivity index is 1.51. The Morgan fingerprint density at radius 3 is 2.71 bits per heavy atom. The van der Waals surface area contributed by atoms with E-state index in [1.165, 1.54) is 6.92 Å². The number of carbonyl (C=O) groups is 2. The maximum atomic E-state index is 12.2. The van der Waals surface area contributed by atoms with Crippen LogP contribution >= 0.6 is 0 Å². The van der Waals surface area contributed by atoms with Gasteiger partial charge in [-0.3, -0.25) is 9.59 Å². The predicted octanol–water partition coefficient (Wildman–Crippen LogP) is 2.48. The maximum Gasteiger partial charge on any atom is 0.231 e. The monoisotopic (exact) mass is 384 g/mol. The molecule has 7 nitrogen and oxygen atoms in total. The van der Waals surface area contributed by atoms with E-state index in [1.54, 1.807) is 12.0 Å². The van der Waals surface area contributed by atoms with Crippen LogP contribution in [0.5, 0.6) is 17.2 Å². The smallest absolute Gasteiger partial charge is 0.231 e. The first-order chi connectivity index (χ1) is 13.6. The summed E-state index contributed by atoms with van der Waals surface area (Å²) in [5, 5.41) is 2.87. The van der Waals surface area contributed by atoms with Crippen molar-refractivity contribution in [2.24, 2.45) is 0 Å². The van der Waals surface area contributed by atoms with E-state index in [1.807, 2.05) is 42.5 Å². The van der Waals surface area contributed by atoms with Crippen molar-refractivity contribution in [2.75, 3.05) is 20.4 Å². The zero-order valence-electron chi connectivity index (χ0n) is 16.1. The van der Waals surface area contributed by atoms with Crippen LogP contribution in [-0.4, -0.2) is 37.2 Å². The first-order valence-electron chi connectivity index (χ1n) is 9.09. The molecule has 0 aliphatic carbocycles. The summed E-state index contributed by atoms with van der Waals surface area (Å²) in [5.74, 6) is 1.90. The lowest BCUT2D eigenvalue weighted by molar-refractivity contribution is -0.130. The number of ether oxygens (including phenoxy) is 3.